The van der Waals surface area contributed by atoms with Crippen molar-refractivity contribution in [3.05, 3.63) is 30.0 Å². The highest BCUT2D eigenvalue weighted by molar-refractivity contribution is 5.88. The van der Waals surface area contributed by atoms with Crippen molar-refractivity contribution in [1.82, 2.24) is 10.2 Å². The molecule has 1 aromatic heterocycles. The number of hydrogen-bond donors (Lipinski definition) is 1. The highest BCUT2D eigenvalue weighted by Gasteiger charge is 2.19. The molecular formula is C17H22N2O3. The van der Waals surface area contributed by atoms with Crippen molar-refractivity contribution < 1.29 is 13.9 Å². The number of carbonyl (C=O) groups is 1. The van der Waals surface area contributed by atoms with Crippen LogP contribution in [0.5, 0.6) is 5.75 Å². The van der Waals surface area contributed by atoms with Gasteiger partial charge in [-0.2, -0.15) is 0 Å². The second-order valence-corrected chi connectivity index (χ2v) is 5.94. The van der Waals surface area contributed by atoms with Crippen molar-refractivity contribution in [3.63, 3.8) is 0 Å². The molecule has 5 nitrogen and oxygen atoms in total. The summed E-state index contributed by atoms with van der Waals surface area (Å²) in [5.74, 6) is 0.817. The molecule has 2 heterocycles. The smallest absolute Gasteiger partial charge is 0.224 e. The van der Waals surface area contributed by atoms with Gasteiger partial charge in [-0.25, -0.2) is 0 Å². The predicted molar refractivity (Wildman–Crippen MR) is 85.1 cm³/mol. The van der Waals surface area contributed by atoms with Gasteiger partial charge in [-0.1, -0.05) is 0 Å². The maximum atomic E-state index is 12.2. The number of amides is 1. The summed E-state index contributed by atoms with van der Waals surface area (Å²) in [4.78, 5) is 14.5. The average Bonchev–Trinajstić information content (AvgIpc) is 2.91. The molecule has 22 heavy (non-hydrogen) atoms. The summed E-state index contributed by atoms with van der Waals surface area (Å²) < 4.78 is 10.7. The van der Waals surface area contributed by atoms with E-state index >= 15 is 0 Å². The summed E-state index contributed by atoms with van der Waals surface area (Å²) in [7, 11) is 3.74. The monoisotopic (exact) mass is 302 g/mol. The van der Waals surface area contributed by atoms with Crippen LogP contribution in [-0.4, -0.2) is 44.1 Å². The Morgan fingerprint density at radius 2 is 2.18 bits per heavy atom. The first-order valence-corrected chi connectivity index (χ1v) is 7.67. The number of likely N-dealkylation sites (tertiary alicyclic amines) is 1. The summed E-state index contributed by atoms with van der Waals surface area (Å²) in [6.45, 7) is 2.08. The molecule has 0 atom stereocenters. The number of benzene rings is 1. The van der Waals surface area contributed by atoms with Crippen LogP contribution >= 0.6 is 0 Å². The van der Waals surface area contributed by atoms with Gasteiger partial charge in [-0.3, -0.25) is 4.79 Å². The minimum absolute atomic E-state index is 0.0630. The number of hydrogen-bond acceptors (Lipinski definition) is 4. The van der Waals surface area contributed by atoms with Gasteiger partial charge in [0.1, 0.15) is 11.3 Å². The van der Waals surface area contributed by atoms with Gasteiger partial charge in [0.15, 0.2) is 0 Å². The van der Waals surface area contributed by atoms with Gasteiger partial charge in [0.2, 0.25) is 5.91 Å². The van der Waals surface area contributed by atoms with E-state index in [4.69, 9.17) is 9.15 Å². The van der Waals surface area contributed by atoms with Gasteiger partial charge in [0.25, 0.3) is 0 Å². The molecule has 118 valence electrons. The van der Waals surface area contributed by atoms with E-state index in [1.165, 1.54) is 0 Å². The van der Waals surface area contributed by atoms with Gasteiger partial charge in [0, 0.05) is 23.1 Å². The molecule has 0 spiro atoms. The van der Waals surface area contributed by atoms with Crippen molar-refractivity contribution in [2.75, 3.05) is 27.2 Å². The molecule has 1 aromatic carbocycles. The van der Waals surface area contributed by atoms with Crippen LogP contribution in [-0.2, 0) is 11.2 Å². The maximum absolute atomic E-state index is 12.2. The largest absolute Gasteiger partial charge is 0.497 e. The molecule has 1 fully saturated rings. The molecule has 5 heteroatoms. The summed E-state index contributed by atoms with van der Waals surface area (Å²) in [6.07, 6.45) is 4.06. The van der Waals surface area contributed by atoms with Crippen molar-refractivity contribution in [2.45, 2.75) is 25.3 Å². The van der Waals surface area contributed by atoms with E-state index in [1.807, 2.05) is 18.2 Å². The van der Waals surface area contributed by atoms with Crippen LogP contribution in [0.3, 0.4) is 0 Å². The molecule has 0 unspecified atom stereocenters. The SMILES string of the molecule is COc1ccc2c(CC(=O)NC3CCN(C)CC3)coc2c1. The summed E-state index contributed by atoms with van der Waals surface area (Å²) >= 11 is 0. The van der Waals surface area contributed by atoms with E-state index in [0.29, 0.717) is 12.5 Å². The van der Waals surface area contributed by atoms with Crippen molar-refractivity contribution >= 4 is 16.9 Å². The van der Waals surface area contributed by atoms with E-state index in [9.17, 15) is 4.79 Å². The number of piperidine rings is 1. The molecule has 0 aliphatic carbocycles. The topological polar surface area (TPSA) is 54.7 Å². The summed E-state index contributed by atoms with van der Waals surface area (Å²) in [5.41, 5.74) is 1.67. The molecule has 0 radical (unpaired) electrons. The number of furan rings is 1. The van der Waals surface area contributed by atoms with Gasteiger partial charge < -0.3 is 19.4 Å². The molecule has 0 saturated carbocycles. The minimum atomic E-state index is 0.0630. The highest BCUT2D eigenvalue weighted by Crippen LogP contribution is 2.25. The van der Waals surface area contributed by atoms with Gasteiger partial charge in [-0.05, 0) is 45.1 Å². The predicted octanol–water partition coefficient (Wildman–Crippen LogP) is 2.19. The van der Waals surface area contributed by atoms with E-state index in [0.717, 1.165) is 48.2 Å². The molecular weight excluding hydrogens is 280 g/mol. The van der Waals surface area contributed by atoms with Gasteiger partial charge in [0.05, 0.1) is 19.8 Å². The zero-order valence-electron chi connectivity index (χ0n) is 13.1. The van der Waals surface area contributed by atoms with Crippen molar-refractivity contribution in [2.24, 2.45) is 0 Å². The van der Waals surface area contributed by atoms with Crippen LogP contribution in [0.4, 0.5) is 0 Å². The zero-order chi connectivity index (χ0) is 15.5. The fraction of sp³-hybridized carbons (Fsp3) is 0.471. The average molecular weight is 302 g/mol. The normalized spacial score (nSPS) is 16.8. The Morgan fingerprint density at radius 1 is 1.41 bits per heavy atom. The first kappa shape index (κ1) is 14.9. The van der Waals surface area contributed by atoms with Crippen LogP contribution in [0, 0.1) is 0 Å². The molecule has 0 bridgehead atoms. The van der Waals surface area contributed by atoms with Crippen molar-refractivity contribution in [1.29, 1.82) is 0 Å². The lowest BCUT2D eigenvalue weighted by molar-refractivity contribution is -0.121. The van der Waals surface area contributed by atoms with E-state index in [1.54, 1.807) is 13.4 Å². The third kappa shape index (κ3) is 3.25. The second kappa shape index (κ2) is 6.40. The van der Waals surface area contributed by atoms with E-state index in [-0.39, 0.29) is 5.91 Å². The van der Waals surface area contributed by atoms with E-state index in [2.05, 4.69) is 17.3 Å². The second-order valence-electron chi connectivity index (χ2n) is 5.94. The highest BCUT2D eigenvalue weighted by atomic mass is 16.5. The minimum Gasteiger partial charge on any atom is -0.497 e. The number of ether oxygens (including phenoxy) is 1. The molecule has 3 rings (SSSR count). The lowest BCUT2D eigenvalue weighted by atomic mass is 10.0. The van der Waals surface area contributed by atoms with Crippen LogP contribution in [0.1, 0.15) is 18.4 Å². The van der Waals surface area contributed by atoms with Gasteiger partial charge >= 0.3 is 0 Å². The summed E-state index contributed by atoms with van der Waals surface area (Å²) in [6, 6.07) is 5.96. The van der Waals surface area contributed by atoms with E-state index < -0.39 is 0 Å². The van der Waals surface area contributed by atoms with Crippen LogP contribution in [0.2, 0.25) is 0 Å². The van der Waals surface area contributed by atoms with Gasteiger partial charge in [-0.15, -0.1) is 0 Å². The number of nitrogens with zero attached hydrogens (tertiary/aromatic N) is 1. The Balaban J connectivity index is 1.64. The van der Waals surface area contributed by atoms with Crippen LogP contribution < -0.4 is 10.1 Å². The van der Waals surface area contributed by atoms with Crippen LogP contribution in [0.25, 0.3) is 11.0 Å². The number of carbonyl (C=O) groups excluding carboxylic acids is 1. The third-order valence-electron chi connectivity index (χ3n) is 4.30. The maximum Gasteiger partial charge on any atom is 0.224 e. The summed E-state index contributed by atoms with van der Waals surface area (Å²) in [5, 5.41) is 4.10. The lowest BCUT2D eigenvalue weighted by Gasteiger charge is -2.29. The molecule has 1 amide bonds. The quantitative estimate of drug-likeness (QED) is 0.940. The zero-order valence-corrected chi connectivity index (χ0v) is 13.1. The molecule has 1 aliphatic heterocycles. The molecule has 2 aromatic rings. The molecule has 1 saturated heterocycles. The van der Waals surface area contributed by atoms with Crippen molar-refractivity contribution in [3.8, 4) is 5.75 Å². The first-order valence-electron chi connectivity index (χ1n) is 7.67. The standard InChI is InChI=1S/C17H22N2O3/c1-19-7-5-13(6-8-19)18-17(20)9-12-11-22-16-10-14(21-2)3-4-15(12)16/h3-4,10-11,13H,5-9H2,1-2H3,(H,18,20). The number of methoxy groups -OCH3 is 1. The number of fused-ring (bicyclic) bond motifs is 1. The lowest BCUT2D eigenvalue weighted by Crippen LogP contribution is -2.43. The fourth-order valence-electron chi connectivity index (χ4n) is 2.93. The fourth-order valence-corrected chi connectivity index (χ4v) is 2.93. The number of nitrogens with one attached hydrogen (secondary N) is 1. The Morgan fingerprint density at radius 3 is 2.91 bits per heavy atom. The molecule has 1 aliphatic rings. The Labute approximate surface area is 130 Å². The Hall–Kier alpha value is -2.01. The van der Waals surface area contributed by atoms with Crippen LogP contribution in [0.15, 0.2) is 28.9 Å². The molecule has 1 N–H and O–H groups in total. The third-order valence-corrected chi connectivity index (χ3v) is 4.30. The Kier molecular flexibility index (Phi) is 4.34. The first-order chi connectivity index (χ1) is 10.7. The number of rotatable bonds is 4. The Bertz CT molecular complexity index is 657.